The molecule has 0 aliphatic heterocycles. The average molecular weight is 209 g/mol. The summed E-state index contributed by atoms with van der Waals surface area (Å²) in [6.45, 7) is 0. The van der Waals surface area contributed by atoms with Gasteiger partial charge in [-0.05, 0) is 6.07 Å². The second-order valence-corrected chi connectivity index (χ2v) is 2.66. The Bertz CT molecular complexity index is 342. The summed E-state index contributed by atoms with van der Waals surface area (Å²) in [6.07, 6.45) is -2.95. The van der Waals surface area contributed by atoms with E-state index in [0.29, 0.717) is 6.07 Å². The molecule has 0 aliphatic carbocycles. The van der Waals surface area contributed by atoms with Crippen LogP contribution in [0.1, 0.15) is 11.6 Å². The van der Waals surface area contributed by atoms with Crippen molar-refractivity contribution in [2.45, 2.75) is 12.5 Å². The molecule has 3 N–H and O–H groups in total. The predicted molar refractivity (Wildman–Crippen MR) is 41.0 cm³/mol. The van der Waals surface area contributed by atoms with Crippen molar-refractivity contribution in [3.05, 3.63) is 29.3 Å². The predicted octanol–water partition coefficient (Wildman–Crippen LogP) is 1.94. The van der Waals surface area contributed by atoms with E-state index in [4.69, 9.17) is 10.8 Å². The van der Waals surface area contributed by atoms with E-state index in [-0.39, 0.29) is 0 Å². The fourth-order valence-electron chi connectivity index (χ4n) is 0.960. The van der Waals surface area contributed by atoms with Gasteiger partial charge in [-0.2, -0.15) is 4.39 Å². The van der Waals surface area contributed by atoms with Crippen molar-refractivity contribution in [3.8, 4) is 5.75 Å². The van der Waals surface area contributed by atoms with Crippen LogP contribution in [0.3, 0.4) is 0 Å². The zero-order valence-corrected chi connectivity index (χ0v) is 6.85. The van der Waals surface area contributed by atoms with Crippen LogP contribution < -0.4 is 5.73 Å². The Morgan fingerprint density at radius 1 is 1.21 bits per heavy atom. The number of phenolic OH excluding ortho intramolecular Hbond substituents is 1. The molecular formula is C8H7F4NO. The Hall–Kier alpha value is -1.30. The van der Waals surface area contributed by atoms with Gasteiger partial charge in [0.25, 0.3) is 6.43 Å². The first-order valence-corrected chi connectivity index (χ1v) is 3.65. The van der Waals surface area contributed by atoms with Crippen LogP contribution in [-0.2, 0) is 0 Å². The molecule has 0 saturated heterocycles. The van der Waals surface area contributed by atoms with E-state index < -0.39 is 35.4 Å². The third-order valence-electron chi connectivity index (χ3n) is 1.73. The number of aromatic hydroxyl groups is 1. The number of phenols is 1. The third-order valence-corrected chi connectivity index (χ3v) is 1.73. The summed E-state index contributed by atoms with van der Waals surface area (Å²) >= 11 is 0. The largest absolute Gasteiger partial charge is 0.505 e. The van der Waals surface area contributed by atoms with Gasteiger partial charge in [-0.1, -0.05) is 6.07 Å². The Balaban J connectivity index is 3.17. The summed E-state index contributed by atoms with van der Waals surface area (Å²) in [5, 5.41) is 8.97. The molecule has 0 heterocycles. The molecule has 0 aliphatic rings. The summed E-state index contributed by atoms with van der Waals surface area (Å²) < 4.78 is 49.3. The maximum Gasteiger partial charge on any atom is 0.257 e. The minimum absolute atomic E-state index is 0.515. The van der Waals surface area contributed by atoms with E-state index in [2.05, 4.69) is 0 Å². The van der Waals surface area contributed by atoms with Crippen LogP contribution in [-0.4, -0.2) is 11.5 Å². The normalized spacial score (nSPS) is 13.3. The van der Waals surface area contributed by atoms with Crippen LogP contribution in [0.4, 0.5) is 17.6 Å². The second kappa shape index (κ2) is 3.83. The van der Waals surface area contributed by atoms with Crippen molar-refractivity contribution in [1.82, 2.24) is 0 Å². The SMILES string of the molecule is N[C@H](c1ccc(F)c(F)c1O)C(F)F. The second-order valence-electron chi connectivity index (χ2n) is 2.66. The molecule has 0 amide bonds. The quantitative estimate of drug-likeness (QED) is 0.731. The first-order valence-electron chi connectivity index (χ1n) is 3.65. The molecule has 1 aromatic carbocycles. The third kappa shape index (κ3) is 1.79. The zero-order chi connectivity index (χ0) is 10.9. The maximum atomic E-state index is 12.7. The molecule has 0 radical (unpaired) electrons. The maximum absolute atomic E-state index is 12.7. The van der Waals surface area contributed by atoms with E-state index in [1.807, 2.05) is 0 Å². The van der Waals surface area contributed by atoms with Gasteiger partial charge in [0, 0.05) is 5.56 Å². The molecule has 0 bridgehead atoms. The van der Waals surface area contributed by atoms with Crippen molar-refractivity contribution >= 4 is 0 Å². The highest BCUT2D eigenvalue weighted by molar-refractivity contribution is 5.36. The van der Waals surface area contributed by atoms with Crippen molar-refractivity contribution in [2.75, 3.05) is 0 Å². The smallest absolute Gasteiger partial charge is 0.257 e. The molecular weight excluding hydrogens is 202 g/mol. The summed E-state index contributed by atoms with van der Waals surface area (Å²) in [7, 11) is 0. The molecule has 6 heteroatoms. The van der Waals surface area contributed by atoms with E-state index in [1.54, 1.807) is 0 Å². The fourth-order valence-corrected chi connectivity index (χ4v) is 0.960. The van der Waals surface area contributed by atoms with Gasteiger partial charge in [0.15, 0.2) is 11.6 Å². The van der Waals surface area contributed by atoms with Gasteiger partial charge in [0.2, 0.25) is 5.82 Å². The van der Waals surface area contributed by atoms with Crippen molar-refractivity contribution < 1.29 is 22.7 Å². The van der Waals surface area contributed by atoms with Crippen LogP contribution in [0.15, 0.2) is 12.1 Å². The Labute approximate surface area is 77.0 Å². The summed E-state index contributed by atoms with van der Waals surface area (Å²) in [6, 6.07) is -0.373. The van der Waals surface area contributed by atoms with Crippen molar-refractivity contribution in [3.63, 3.8) is 0 Å². The number of nitrogens with two attached hydrogens (primary N) is 1. The molecule has 1 aromatic rings. The molecule has 2 nitrogen and oxygen atoms in total. The van der Waals surface area contributed by atoms with Gasteiger partial charge in [0.05, 0.1) is 6.04 Å². The van der Waals surface area contributed by atoms with Crippen LogP contribution in [0.5, 0.6) is 5.75 Å². The van der Waals surface area contributed by atoms with Gasteiger partial charge >= 0.3 is 0 Å². The molecule has 0 fully saturated rings. The summed E-state index contributed by atoms with van der Waals surface area (Å²) in [5.41, 5.74) is 4.44. The lowest BCUT2D eigenvalue weighted by molar-refractivity contribution is 0.115. The zero-order valence-electron chi connectivity index (χ0n) is 6.85. The Morgan fingerprint density at radius 3 is 2.29 bits per heavy atom. The number of rotatable bonds is 2. The summed E-state index contributed by atoms with van der Waals surface area (Å²) in [4.78, 5) is 0. The minimum Gasteiger partial charge on any atom is -0.505 e. The Morgan fingerprint density at radius 2 is 1.79 bits per heavy atom. The average Bonchev–Trinajstić information content (AvgIpc) is 2.13. The molecule has 14 heavy (non-hydrogen) atoms. The Kier molecular flexibility index (Phi) is 2.95. The summed E-state index contributed by atoms with van der Waals surface area (Å²) in [5.74, 6) is -4.05. The number of alkyl halides is 2. The standard InChI is InChI=1S/C8H7F4NO/c9-4-2-1-3(6(13)8(11)12)7(14)5(4)10/h1-2,6,8,14H,13H2/t6-/m1/s1. The van der Waals surface area contributed by atoms with Gasteiger partial charge in [0.1, 0.15) is 0 Å². The molecule has 0 spiro atoms. The monoisotopic (exact) mass is 209 g/mol. The number of benzene rings is 1. The lowest BCUT2D eigenvalue weighted by atomic mass is 10.1. The van der Waals surface area contributed by atoms with Crippen molar-refractivity contribution in [1.29, 1.82) is 0 Å². The number of halogens is 4. The highest BCUT2D eigenvalue weighted by Gasteiger charge is 2.23. The van der Waals surface area contributed by atoms with Crippen molar-refractivity contribution in [2.24, 2.45) is 5.73 Å². The van der Waals surface area contributed by atoms with Crippen LogP contribution in [0.2, 0.25) is 0 Å². The molecule has 0 aromatic heterocycles. The molecule has 0 unspecified atom stereocenters. The van der Waals surface area contributed by atoms with Gasteiger partial charge < -0.3 is 10.8 Å². The lowest BCUT2D eigenvalue weighted by Gasteiger charge is -2.12. The highest BCUT2D eigenvalue weighted by Crippen LogP contribution is 2.30. The first-order chi connectivity index (χ1) is 6.45. The molecule has 1 rings (SSSR count). The van der Waals surface area contributed by atoms with E-state index in [0.717, 1.165) is 6.07 Å². The molecule has 78 valence electrons. The van der Waals surface area contributed by atoms with E-state index in [9.17, 15) is 17.6 Å². The highest BCUT2D eigenvalue weighted by atomic mass is 19.3. The van der Waals surface area contributed by atoms with Crippen LogP contribution in [0, 0.1) is 11.6 Å². The molecule has 0 saturated carbocycles. The van der Waals surface area contributed by atoms with Crippen LogP contribution >= 0.6 is 0 Å². The lowest BCUT2D eigenvalue weighted by Crippen LogP contribution is -2.19. The van der Waals surface area contributed by atoms with Gasteiger partial charge in [-0.25, -0.2) is 13.2 Å². The first kappa shape index (κ1) is 10.8. The number of hydrogen-bond donors (Lipinski definition) is 2. The van der Waals surface area contributed by atoms with Gasteiger partial charge in [-0.15, -0.1) is 0 Å². The van der Waals surface area contributed by atoms with Gasteiger partial charge in [-0.3, -0.25) is 0 Å². The fraction of sp³-hybridized carbons (Fsp3) is 0.250. The van der Waals surface area contributed by atoms with Crippen LogP contribution in [0.25, 0.3) is 0 Å². The topological polar surface area (TPSA) is 46.2 Å². The molecule has 1 atom stereocenters. The van der Waals surface area contributed by atoms with E-state index in [1.165, 1.54) is 0 Å². The minimum atomic E-state index is -2.95. The number of hydrogen-bond acceptors (Lipinski definition) is 2. The van der Waals surface area contributed by atoms with E-state index >= 15 is 0 Å².